The molecule has 0 radical (unpaired) electrons. The van der Waals surface area contributed by atoms with Crippen LogP contribution in [0.15, 0.2) is 22.7 Å². The molecule has 0 saturated heterocycles. The van der Waals surface area contributed by atoms with Crippen molar-refractivity contribution >= 4 is 27.5 Å². The number of nitrogens with zero attached hydrogens (tertiary/aromatic N) is 1. The van der Waals surface area contributed by atoms with Gasteiger partial charge in [0.1, 0.15) is 4.47 Å². The van der Waals surface area contributed by atoms with E-state index in [-0.39, 0.29) is 27.0 Å². The van der Waals surface area contributed by atoms with Crippen LogP contribution in [0.1, 0.15) is 37.6 Å². The molecule has 0 aromatic heterocycles. The summed E-state index contributed by atoms with van der Waals surface area (Å²) in [5.41, 5.74) is 0.173. The van der Waals surface area contributed by atoms with Crippen LogP contribution >= 0.6 is 15.9 Å². The molecule has 5 nitrogen and oxygen atoms in total. The first-order valence-corrected chi connectivity index (χ1v) is 6.79. The van der Waals surface area contributed by atoms with E-state index in [0.29, 0.717) is 6.54 Å². The molecule has 0 unspecified atom stereocenters. The number of rotatable bonds is 5. The van der Waals surface area contributed by atoms with Crippen LogP contribution in [0, 0.1) is 15.5 Å². The molecule has 19 heavy (non-hydrogen) atoms. The molecule has 0 saturated carbocycles. The van der Waals surface area contributed by atoms with E-state index in [1.54, 1.807) is 6.07 Å². The molecule has 1 aromatic rings. The molecular formula is C13H17BrN2O3. The summed E-state index contributed by atoms with van der Waals surface area (Å²) in [6.45, 7) is 6.68. The number of nitrogens with one attached hydrogen (secondary N) is 1. The molecule has 0 atom stereocenters. The van der Waals surface area contributed by atoms with E-state index < -0.39 is 4.92 Å². The molecular weight excluding hydrogens is 312 g/mol. The monoisotopic (exact) mass is 328 g/mol. The van der Waals surface area contributed by atoms with Crippen molar-refractivity contribution < 1.29 is 9.72 Å². The Morgan fingerprint density at radius 3 is 2.63 bits per heavy atom. The van der Waals surface area contributed by atoms with Gasteiger partial charge in [0.15, 0.2) is 0 Å². The van der Waals surface area contributed by atoms with Gasteiger partial charge in [-0.15, -0.1) is 0 Å². The van der Waals surface area contributed by atoms with Crippen molar-refractivity contribution in [2.24, 2.45) is 5.41 Å². The summed E-state index contributed by atoms with van der Waals surface area (Å²) in [6, 6.07) is 4.42. The lowest BCUT2D eigenvalue weighted by molar-refractivity contribution is -0.385. The summed E-state index contributed by atoms with van der Waals surface area (Å²) in [4.78, 5) is 22.3. The molecule has 104 valence electrons. The van der Waals surface area contributed by atoms with Crippen molar-refractivity contribution in [1.82, 2.24) is 5.32 Å². The molecule has 1 rings (SSSR count). The first-order chi connectivity index (χ1) is 8.78. The Balaban J connectivity index is 2.89. The Labute approximate surface area is 120 Å². The topological polar surface area (TPSA) is 72.2 Å². The number of carbonyl (C=O) groups is 1. The van der Waals surface area contributed by atoms with E-state index in [0.717, 1.165) is 6.42 Å². The third-order valence-electron chi connectivity index (χ3n) is 3.10. The lowest BCUT2D eigenvalue weighted by atomic mass is 9.90. The zero-order chi connectivity index (χ0) is 14.6. The normalized spacial score (nSPS) is 11.2. The number of nitro groups is 1. The Morgan fingerprint density at radius 2 is 2.11 bits per heavy atom. The van der Waals surface area contributed by atoms with Crippen LogP contribution in [0.25, 0.3) is 0 Å². The molecule has 0 bridgehead atoms. The van der Waals surface area contributed by atoms with Gasteiger partial charge in [-0.2, -0.15) is 0 Å². The van der Waals surface area contributed by atoms with Crippen LogP contribution in [0.5, 0.6) is 0 Å². The molecule has 0 spiro atoms. The first-order valence-electron chi connectivity index (χ1n) is 5.99. The van der Waals surface area contributed by atoms with Crippen molar-refractivity contribution in [2.75, 3.05) is 6.54 Å². The van der Waals surface area contributed by atoms with E-state index in [1.807, 2.05) is 0 Å². The second-order valence-electron chi connectivity index (χ2n) is 5.10. The second-order valence-corrected chi connectivity index (χ2v) is 5.89. The fourth-order valence-corrected chi connectivity index (χ4v) is 1.97. The van der Waals surface area contributed by atoms with Crippen molar-refractivity contribution in [3.8, 4) is 0 Å². The fraction of sp³-hybridized carbons (Fsp3) is 0.462. The highest BCUT2D eigenvalue weighted by atomic mass is 79.9. The quantitative estimate of drug-likeness (QED) is 0.663. The minimum Gasteiger partial charge on any atom is -0.351 e. The van der Waals surface area contributed by atoms with Crippen LogP contribution in [0.3, 0.4) is 0 Å². The summed E-state index contributed by atoms with van der Waals surface area (Å²) in [5.74, 6) is -0.308. The van der Waals surface area contributed by atoms with Gasteiger partial charge < -0.3 is 5.32 Å². The molecule has 6 heteroatoms. The van der Waals surface area contributed by atoms with Crippen LogP contribution in [0.4, 0.5) is 5.69 Å². The van der Waals surface area contributed by atoms with E-state index in [2.05, 4.69) is 42.0 Å². The number of nitro benzene ring substituents is 1. The third-order valence-corrected chi connectivity index (χ3v) is 3.94. The van der Waals surface area contributed by atoms with Gasteiger partial charge in [-0.25, -0.2) is 0 Å². The fourth-order valence-electron chi connectivity index (χ4n) is 1.38. The van der Waals surface area contributed by atoms with Crippen molar-refractivity contribution in [3.05, 3.63) is 38.3 Å². The molecule has 1 aromatic carbocycles. The molecule has 0 fully saturated rings. The van der Waals surface area contributed by atoms with Crippen LogP contribution < -0.4 is 5.32 Å². The number of carbonyl (C=O) groups excluding carboxylic acids is 1. The molecule has 0 heterocycles. The predicted molar refractivity (Wildman–Crippen MR) is 77.2 cm³/mol. The SMILES string of the molecule is CCC(C)(C)CNC(=O)c1cccc([N+](=O)[O-])c1Br. The molecule has 0 aliphatic carbocycles. The van der Waals surface area contributed by atoms with Gasteiger partial charge >= 0.3 is 0 Å². The molecule has 1 amide bonds. The predicted octanol–water partition coefficient (Wildman–Crippen LogP) is 3.52. The van der Waals surface area contributed by atoms with Crippen LogP contribution in [-0.2, 0) is 0 Å². The van der Waals surface area contributed by atoms with Gasteiger partial charge in [-0.1, -0.05) is 26.8 Å². The van der Waals surface area contributed by atoms with Gasteiger partial charge in [-0.05, 0) is 33.8 Å². The van der Waals surface area contributed by atoms with Crippen molar-refractivity contribution in [1.29, 1.82) is 0 Å². The van der Waals surface area contributed by atoms with E-state index in [4.69, 9.17) is 0 Å². The first kappa shape index (κ1) is 15.6. The lowest BCUT2D eigenvalue weighted by Gasteiger charge is -2.22. The number of hydrogen-bond donors (Lipinski definition) is 1. The van der Waals surface area contributed by atoms with E-state index >= 15 is 0 Å². The smallest absolute Gasteiger partial charge is 0.284 e. The second kappa shape index (κ2) is 6.14. The average Bonchev–Trinajstić information content (AvgIpc) is 2.36. The average molecular weight is 329 g/mol. The summed E-state index contributed by atoms with van der Waals surface area (Å²) in [7, 11) is 0. The maximum atomic E-state index is 12.0. The van der Waals surface area contributed by atoms with E-state index in [9.17, 15) is 14.9 Å². The van der Waals surface area contributed by atoms with Gasteiger partial charge in [0.2, 0.25) is 0 Å². The Morgan fingerprint density at radius 1 is 1.47 bits per heavy atom. The summed E-state index contributed by atoms with van der Waals surface area (Å²) >= 11 is 3.12. The summed E-state index contributed by atoms with van der Waals surface area (Å²) in [5, 5.41) is 13.6. The molecule has 0 aliphatic heterocycles. The Hall–Kier alpha value is -1.43. The highest BCUT2D eigenvalue weighted by Crippen LogP contribution is 2.28. The van der Waals surface area contributed by atoms with Gasteiger partial charge in [0, 0.05) is 12.6 Å². The number of benzene rings is 1. The minimum absolute atomic E-state index is 0.00283. The standard InChI is InChI=1S/C13H17BrN2O3/c1-4-13(2,3)8-15-12(17)9-6-5-7-10(11(9)14)16(18)19/h5-7H,4,8H2,1-3H3,(H,15,17). The van der Waals surface area contributed by atoms with Gasteiger partial charge in [0.25, 0.3) is 11.6 Å². The maximum absolute atomic E-state index is 12.0. The zero-order valence-corrected chi connectivity index (χ0v) is 12.8. The van der Waals surface area contributed by atoms with Crippen molar-refractivity contribution in [3.63, 3.8) is 0 Å². The van der Waals surface area contributed by atoms with Crippen LogP contribution in [0.2, 0.25) is 0 Å². The Bertz CT molecular complexity index is 501. The number of amides is 1. The minimum atomic E-state index is -0.517. The summed E-state index contributed by atoms with van der Waals surface area (Å²) < 4.78 is 0.215. The van der Waals surface area contributed by atoms with Crippen molar-refractivity contribution in [2.45, 2.75) is 27.2 Å². The largest absolute Gasteiger partial charge is 0.351 e. The molecule has 1 N–H and O–H groups in total. The lowest BCUT2D eigenvalue weighted by Crippen LogP contribution is -2.33. The highest BCUT2D eigenvalue weighted by molar-refractivity contribution is 9.10. The highest BCUT2D eigenvalue weighted by Gasteiger charge is 2.21. The van der Waals surface area contributed by atoms with Gasteiger partial charge in [0.05, 0.1) is 10.5 Å². The van der Waals surface area contributed by atoms with E-state index in [1.165, 1.54) is 12.1 Å². The zero-order valence-electron chi connectivity index (χ0n) is 11.2. The van der Waals surface area contributed by atoms with Gasteiger partial charge in [-0.3, -0.25) is 14.9 Å². The van der Waals surface area contributed by atoms with Crippen LogP contribution in [-0.4, -0.2) is 17.4 Å². The summed E-state index contributed by atoms with van der Waals surface area (Å²) in [6.07, 6.45) is 0.934. The Kier molecular flexibility index (Phi) is 5.05. The molecule has 0 aliphatic rings. The third kappa shape index (κ3) is 4.02. The number of halogens is 1. The number of hydrogen-bond acceptors (Lipinski definition) is 3. The maximum Gasteiger partial charge on any atom is 0.284 e.